The Bertz CT molecular complexity index is 638. The van der Waals surface area contributed by atoms with Crippen LogP contribution in [0.25, 0.3) is 0 Å². The van der Waals surface area contributed by atoms with Crippen LogP contribution in [0.15, 0.2) is 34.9 Å². The topological polar surface area (TPSA) is 62.7 Å². The molecule has 1 saturated carbocycles. The van der Waals surface area contributed by atoms with Gasteiger partial charge in [-0.1, -0.05) is 48.8 Å². The van der Waals surface area contributed by atoms with Gasteiger partial charge < -0.3 is 4.52 Å². The molecule has 3 rings (SSSR count). The van der Waals surface area contributed by atoms with E-state index in [1.165, 1.54) is 12.0 Å². The van der Waals surface area contributed by atoms with Crippen LogP contribution in [0.2, 0.25) is 0 Å². The molecule has 21 heavy (non-hydrogen) atoms. The van der Waals surface area contributed by atoms with Crippen LogP contribution in [-0.2, 0) is 11.8 Å². The van der Waals surface area contributed by atoms with Crippen LogP contribution in [0, 0.1) is 17.2 Å². The lowest BCUT2D eigenvalue weighted by Crippen LogP contribution is -2.36. The van der Waals surface area contributed by atoms with Gasteiger partial charge in [0.05, 0.1) is 11.5 Å². The van der Waals surface area contributed by atoms with E-state index < -0.39 is 0 Å². The monoisotopic (exact) mass is 281 g/mol. The maximum atomic E-state index is 8.73. The van der Waals surface area contributed by atoms with Crippen LogP contribution < -0.4 is 0 Å². The summed E-state index contributed by atoms with van der Waals surface area (Å²) in [5.74, 6) is 1.70. The van der Waals surface area contributed by atoms with E-state index in [0.717, 1.165) is 18.7 Å². The molecule has 0 bridgehead atoms. The van der Waals surface area contributed by atoms with Gasteiger partial charge in [-0.25, -0.2) is 0 Å². The maximum Gasteiger partial charge on any atom is 0.226 e. The molecule has 4 heteroatoms. The normalized spacial score (nSPS) is 17.7. The summed E-state index contributed by atoms with van der Waals surface area (Å²) < 4.78 is 5.41. The summed E-state index contributed by atoms with van der Waals surface area (Å²) in [5.41, 5.74) is 1.20. The smallest absolute Gasteiger partial charge is 0.226 e. The molecule has 1 atom stereocenters. The third-order valence-electron chi connectivity index (χ3n) is 4.39. The predicted molar refractivity (Wildman–Crippen MR) is 78.5 cm³/mol. The second-order valence-corrected chi connectivity index (χ2v) is 5.98. The molecule has 108 valence electrons. The Kier molecular flexibility index (Phi) is 3.74. The fourth-order valence-corrected chi connectivity index (χ4v) is 2.99. The minimum absolute atomic E-state index is 0.0680. The van der Waals surface area contributed by atoms with Gasteiger partial charge in [-0.05, 0) is 24.3 Å². The molecule has 0 saturated heterocycles. The molecule has 1 unspecified atom stereocenters. The zero-order valence-electron chi connectivity index (χ0n) is 12.2. The van der Waals surface area contributed by atoms with Crippen molar-refractivity contribution < 1.29 is 4.52 Å². The van der Waals surface area contributed by atoms with Crippen molar-refractivity contribution in [3.63, 3.8) is 0 Å². The van der Waals surface area contributed by atoms with Gasteiger partial charge in [0, 0.05) is 12.8 Å². The third kappa shape index (κ3) is 2.56. The molecule has 0 spiro atoms. The first-order valence-electron chi connectivity index (χ1n) is 7.50. The summed E-state index contributed by atoms with van der Waals surface area (Å²) in [6, 6.07) is 12.6. The molecular weight excluding hydrogens is 262 g/mol. The third-order valence-corrected chi connectivity index (χ3v) is 4.39. The van der Waals surface area contributed by atoms with Gasteiger partial charge in [0.25, 0.3) is 0 Å². The number of nitrogens with zero attached hydrogens (tertiary/aromatic N) is 3. The number of nitriles is 1. The van der Waals surface area contributed by atoms with Gasteiger partial charge in [-0.15, -0.1) is 0 Å². The van der Waals surface area contributed by atoms with Crippen molar-refractivity contribution >= 4 is 0 Å². The number of aromatic nitrogens is 2. The summed E-state index contributed by atoms with van der Waals surface area (Å²) in [4.78, 5) is 4.62. The van der Waals surface area contributed by atoms with Crippen molar-refractivity contribution in [1.29, 1.82) is 5.26 Å². The van der Waals surface area contributed by atoms with E-state index in [0.29, 0.717) is 18.7 Å². The average Bonchev–Trinajstić information content (AvgIpc) is 2.87. The van der Waals surface area contributed by atoms with Gasteiger partial charge in [0.1, 0.15) is 0 Å². The van der Waals surface area contributed by atoms with E-state index in [9.17, 15) is 0 Å². The average molecular weight is 281 g/mol. The summed E-state index contributed by atoms with van der Waals surface area (Å²) in [6.07, 6.45) is 4.53. The number of benzene rings is 1. The first-order chi connectivity index (χ1) is 10.2. The predicted octanol–water partition coefficient (Wildman–Crippen LogP) is 3.63. The molecule has 0 aliphatic heterocycles. The SMILES string of the molecule is CC(CC#N)Cc1nc(C2(c3ccccc3)CCC2)no1. The number of rotatable bonds is 5. The van der Waals surface area contributed by atoms with Gasteiger partial charge in [0.2, 0.25) is 5.89 Å². The fraction of sp³-hybridized carbons (Fsp3) is 0.471. The summed E-state index contributed by atoms with van der Waals surface area (Å²) in [5, 5.41) is 13.0. The van der Waals surface area contributed by atoms with Crippen LogP contribution in [0.5, 0.6) is 0 Å². The minimum Gasteiger partial charge on any atom is -0.339 e. The van der Waals surface area contributed by atoms with E-state index in [4.69, 9.17) is 9.78 Å². The summed E-state index contributed by atoms with van der Waals surface area (Å²) in [6.45, 7) is 2.03. The lowest BCUT2D eigenvalue weighted by Gasteiger charge is -2.39. The van der Waals surface area contributed by atoms with Crippen LogP contribution in [-0.4, -0.2) is 10.1 Å². The van der Waals surface area contributed by atoms with E-state index in [2.05, 4.69) is 40.5 Å². The van der Waals surface area contributed by atoms with E-state index in [1.807, 2.05) is 13.0 Å². The van der Waals surface area contributed by atoms with Crippen molar-refractivity contribution in [1.82, 2.24) is 10.1 Å². The molecule has 4 nitrogen and oxygen atoms in total. The van der Waals surface area contributed by atoms with E-state index >= 15 is 0 Å². The molecule has 1 heterocycles. The molecule has 1 aromatic heterocycles. The molecule has 1 fully saturated rings. The highest BCUT2D eigenvalue weighted by molar-refractivity contribution is 5.35. The van der Waals surface area contributed by atoms with Crippen LogP contribution >= 0.6 is 0 Å². The Morgan fingerprint density at radius 1 is 1.33 bits per heavy atom. The number of hydrogen-bond acceptors (Lipinski definition) is 4. The summed E-state index contributed by atoms with van der Waals surface area (Å²) >= 11 is 0. The van der Waals surface area contributed by atoms with Crippen LogP contribution in [0.3, 0.4) is 0 Å². The minimum atomic E-state index is -0.0680. The fourth-order valence-electron chi connectivity index (χ4n) is 2.99. The highest BCUT2D eigenvalue weighted by Crippen LogP contribution is 2.47. The first kappa shape index (κ1) is 13.8. The second kappa shape index (κ2) is 5.69. The zero-order chi connectivity index (χ0) is 14.7. The van der Waals surface area contributed by atoms with Crippen molar-refractivity contribution in [3.8, 4) is 6.07 Å². The lowest BCUT2D eigenvalue weighted by molar-refractivity contribution is 0.270. The molecule has 2 aromatic rings. The van der Waals surface area contributed by atoms with Gasteiger partial charge in [0.15, 0.2) is 5.82 Å². The molecule has 0 amide bonds. The zero-order valence-corrected chi connectivity index (χ0v) is 12.2. The van der Waals surface area contributed by atoms with Crippen molar-refractivity contribution in [3.05, 3.63) is 47.6 Å². The maximum absolute atomic E-state index is 8.73. The van der Waals surface area contributed by atoms with E-state index in [1.54, 1.807) is 0 Å². The Hall–Kier alpha value is -2.15. The second-order valence-electron chi connectivity index (χ2n) is 5.98. The quantitative estimate of drug-likeness (QED) is 0.839. The lowest BCUT2D eigenvalue weighted by atomic mass is 9.64. The largest absolute Gasteiger partial charge is 0.339 e. The molecular formula is C17H19N3O. The highest BCUT2D eigenvalue weighted by Gasteiger charge is 2.44. The van der Waals surface area contributed by atoms with Crippen LogP contribution in [0.1, 0.15) is 49.9 Å². The Labute approximate surface area is 124 Å². The Morgan fingerprint density at radius 3 is 2.71 bits per heavy atom. The Balaban J connectivity index is 1.83. The standard InChI is InChI=1S/C17H19N3O/c1-13(8-11-18)12-15-19-16(20-21-15)17(9-5-10-17)14-6-3-2-4-7-14/h2-4,6-7,13H,5,8-10,12H2,1H3. The van der Waals surface area contributed by atoms with Crippen molar-refractivity contribution in [2.45, 2.75) is 44.4 Å². The molecule has 1 aliphatic rings. The molecule has 0 radical (unpaired) electrons. The molecule has 0 N–H and O–H groups in total. The van der Waals surface area contributed by atoms with Crippen LogP contribution in [0.4, 0.5) is 0 Å². The molecule has 1 aromatic carbocycles. The number of hydrogen-bond donors (Lipinski definition) is 0. The van der Waals surface area contributed by atoms with Crippen molar-refractivity contribution in [2.24, 2.45) is 5.92 Å². The van der Waals surface area contributed by atoms with Gasteiger partial charge in [-0.3, -0.25) is 0 Å². The van der Waals surface area contributed by atoms with Gasteiger partial charge in [-0.2, -0.15) is 10.2 Å². The van der Waals surface area contributed by atoms with E-state index in [-0.39, 0.29) is 11.3 Å². The highest BCUT2D eigenvalue weighted by atomic mass is 16.5. The van der Waals surface area contributed by atoms with Crippen molar-refractivity contribution in [2.75, 3.05) is 0 Å². The summed E-state index contributed by atoms with van der Waals surface area (Å²) in [7, 11) is 0. The Morgan fingerprint density at radius 2 is 2.10 bits per heavy atom. The first-order valence-corrected chi connectivity index (χ1v) is 7.50. The molecule has 1 aliphatic carbocycles. The van der Waals surface area contributed by atoms with Gasteiger partial charge >= 0.3 is 0 Å².